The minimum Gasteiger partial charge on any atom is -0.494 e. The molecule has 2 aliphatic rings. The number of aliphatic hydroxyl groups excluding tert-OH is 4. The average Bonchev–Trinajstić information content (AvgIpc) is 3.19. The summed E-state index contributed by atoms with van der Waals surface area (Å²) in [6.07, 6.45) is 8.79. The molecule has 0 fully saturated rings. The smallest absolute Gasteiger partial charge is 0.201 e. The number of ketones is 4. The van der Waals surface area contributed by atoms with Gasteiger partial charge >= 0.3 is 0 Å². The van der Waals surface area contributed by atoms with Crippen LogP contribution in [0.5, 0.6) is 11.5 Å². The van der Waals surface area contributed by atoms with Crippen molar-refractivity contribution in [1.82, 2.24) is 0 Å². The largest absolute Gasteiger partial charge is 0.494 e. The summed E-state index contributed by atoms with van der Waals surface area (Å²) in [7, 11) is 0. The number of Topliss-reactive ketones (excluding diaryl/α,β-unsaturated/α-hetero) is 2. The van der Waals surface area contributed by atoms with Gasteiger partial charge in [0.25, 0.3) is 0 Å². The van der Waals surface area contributed by atoms with Crippen LogP contribution in [0.4, 0.5) is 0 Å². The SMILES string of the molecule is CCCCCOc1ccc(C(OC(C(=O)C2=CCC(=O)C=C2)(c2ccc(OCCCCC)cc2)C(O)CO)(C(=O)C2=CCC(=O)C=C2)C(O)CO)cc1. The van der Waals surface area contributed by atoms with Crippen LogP contribution in [0.1, 0.15) is 76.3 Å². The van der Waals surface area contributed by atoms with Crippen LogP contribution in [-0.4, -0.2) is 82.2 Å². The van der Waals surface area contributed by atoms with Gasteiger partial charge in [0.15, 0.2) is 22.8 Å². The number of carbonyl (C=O) groups excluding carboxylic acids is 4. The highest BCUT2D eigenvalue weighted by Crippen LogP contribution is 2.46. The van der Waals surface area contributed by atoms with Crippen molar-refractivity contribution in [2.45, 2.75) is 88.6 Å². The summed E-state index contributed by atoms with van der Waals surface area (Å²) in [5.74, 6) is -1.52. The van der Waals surface area contributed by atoms with Gasteiger partial charge in [0.1, 0.15) is 23.7 Å². The third kappa shape index (κ3) is 9.54. The molecule has 2 aliphatic carbocycles. The van der Waals surface area contributed by atoms with E-state index in [4.69, 9.17) is 14.2 Å². The van der Waals surface area contributed by atoms with E-state index >= 15 is 0 Å². The summed E-state index contributed by atoms with van der Waals surface area (Å²) in [5.41, 5.74) is -5.43. The molecular formula is C42H50O11. The molecule has 0 saturated carbocycles. The Balaban J connectivity index is 1.97. The van der Waals surface area contributed by atoms with Crippen molar-refractivity contribution in [2.24, 2.45) is 0 Å². The topological polar surface area (TPSA) is 177 Å². The van der Waals surface area contributed by atoms with Gasteiger partial charge in [0, 0.05) is 24.0 Å². The lowest BCUT2D eigenvalue weighted by Crippen LogP contribution is -2.61. The molecule has 11 nitrogen and oxygen atoms in total. The minimum atomic E-state index is -2.64. The Kier molecular flexibility index (Phi) is 15.2. The zero-order chi connectivity index (χ0) is 38.4. The van der Waals surface area contributed by atoms with E-state index in [1.165, 1.54) is 60.7 Å². The number of ether oxygens (including phenoxy) is 3. The van der Waals surface area contributed by atoms with Gasteiger partial charge < -0.3 is 34.6 Å². The molecule has 0 amide bonds. The molecule has 0 spiro atoms. The van der Waals surface area contributed by atoms with Gasteiger partial charge in [-0.3, -0.25) is 19.2 Å². The highest BCUT2D eigenvalue weighted by atomic mass is 16.6. The Morgan fingerprint density at radius 3 is 1.30 bits per heavy atom. The Morgan fingerprint density at radius 1 is 0.623 bits per heavy atom. The predicted molar refractivity (Wildman–Crippen MR) is 197 cm³/mol. The Bertz CT molecular complexity index is 1580. The normalized spacial score (nSPS) is 17.6. The second kappa shape index (κ2) is 19.5. The van der Waals surface area contributed by atoms with E-state index in [-0.39, 0.29) is 46.7 Å². The Morgan fingerprint density at radius 2 is 1.00 bits per heavy atom. The molecule has 4 rings (SSSR count). The van der Waals surface area contributed by atoms with Crippen LogP contribution in [0, 0.1) is 0 Å². The molecule has 4 unspecified atom stereocenters. The summed E-state index contributed by atoms with van der Waals surface area (Å²) in [6, 6.07) is 12.0. The highest BCUT2D eigenvalue weighted by Gasteiger charge is 2.59. The standard InChI is InChI=1S/C42H50O11/c1-3-5-7-25-51-35-21-13-31(14-22-35)41(37(47)27-43,39(49)29-9-17-33(45)18-10-29)53-42(38(48)28-44,40(50)30-11-19-34(46)20-12-30)32-15-23-36(24-16-32)52-26-8-6-4-2/h9-17,19,21-24,37-38,43-44,47-48H,3-8,18,20,25-28H2,1-2H3. The lowest BCUT2D eigenvalue weighted by molar-refractivity contribution is -0.236. The lowest BCUT2D eigenvalue weighted by atomic mass is 9.75. The fourth-order valence-corrected chi connectivity index (χ4v) is 6.31. The summed E-state index contributed by atoms with van der Waals surface area (Å²) < 4.78 is 18.5. The van der Waals surface area contributed by atoms with Crippen molar-refractivity contribution >= 4 is 23.1 Å². The number of benzene rings is 2. The number of carbonyl (C=O) groups is 4. The maximum Gasteiger partial charge on any atom is 0.201 e. The predicted octanol–water partition coefficient (Wildman–Crippen LogP) is 4.69. The fraction of sp³-hybridized carbons (Fsp3) is 0.429. The van der Waals surface area contributed by atoms with Crippen LogP contribution in [-0.2, 0) is 35.1 Å². The first-order valence-electron chi connectivity index (χ1n) is 18.2. The molecule has 0 saturated heterocycles. The molecule has 0 aliphatic heterocycles. The van der Waals surface area contributed by atoms with E-state index in [9.17, 15) is 39.6 Å². The van der Waals surface area contributed by atoms with Gasteiger partial charge in [-0.25, -0.2) is 0 Å². The maximum atomic E-state index is 14.9. The van der Waals surface area contributed by atoms with Crippen molar-refractivity contribution in [1.29, 1.82) is 0 Å². The maximum absolute atomic E-state index is 14.9. The molecular weight excluding hydrogens is 680 g/mol. The first-order chi connectivity index (χ1) is 25.6. The van der Waals surface area contributed by atoms with Crippen molar-refractivity contribution in [2.75, 3.05) is 26.4 Å². The number of unbranched alkanes of at least 4 members (excludes halogenated alkanes) is 4. The van der Waals surface area contributed by atoms with Crippen LogP contribution in [0.25, 0.3) is 0 Å². The molecule has 0 bridgehead atoms. The monoisotopic (exact) mass is 730 g/mol. The first-order valence-corrected chi connectivity index (χ1v) is 18.2. The van der Waals surface area contributed by atoms with Crippen LogP contribution in [0.3, 0.4) is 0 Å². The van der Waals surface area contributed by atoms with Crippen molar-refractivity contribution < 1.29 is 53.8 Å². The molecule has 0 heterocycles. The van der Waals surface area contributed by atoms with Crippen molar-refractivity contribution in [3.63, 3.8) is 0 Å². The van der Waals surface area contributed by atoms with E-state index in [0.717, 1.165) is 38.5 Å². The third-order valence-corrected chi connectivity index (χ3v) is 9.35. The van der Waals surface area contributed by atoms with Gasteiger partial charge in [-0.15, -0.1) is 0 Å². The average molecular weight is 731 g/mol. The Labute approximate surface area is 310 Å². The zero-order valence-electron chi connectivity index (χ0n) is 30.4. The number of allylic oxidation sites excluding steroid dienone is 6. The summed E-state index contributed by atoms with van der Waals surface area (Å²) >= 11 is 0. The van der Waals surface area contributed by atoms with Crippen molar-refractivity contribution in [3.8, 4) is 11.5 Å². The number of rotatable bonds is 22. The molecule has 4 N–H and O–H groups in total. The number of hydrogen-bond donors (Lipinski definition) is 4. The fourth-order valence-electron chi connectivity index (χ4n) is 6.31. The summed E-state index contributed by atoms with van der Waals surface area (Å²) in [6.45, 7) is 2.92. The van der Waals surface area contributed by atoms with Gasteiger partial charge in [-0.05, 0) is 72.5 Å². The van der Waals surface area contributed by atoms with Crippen molar-refractivity contribution in [3.05, 3.63) is 107 Å². The molecule has 0 aromatic heterocycles. The molecule has 284 valence electrons. The molecule has 4 atom stereocenters. The van der Waals surface area contributed by atoms with Crippen LogP contribution >= 0.6 is 0 Å². The first kappa shape index (κ1) is 41.2. The molecule has 0 radical (unpaired) electrons. The molecule has 11 heteroatoms. The second-order valence-electron chi connectivity index (χ2n) is 13.1. The van der Waals surface area contributed by atoms with Crippen LogP contribution in [0.15, 0.2) is 96.1 Å². The van der Waals surface area contributed by atoms with Gasteiger partial charge in [-0.1, -0.05) is 75.9 Å². The van der Waals surface area contributed by atoms with Gasteiger partial charge in [0.2, 0.25) is 11.6 Å². The summed E-state index contributed by atoms with van der Waals surface area (Å²) in [5, 5.41) is 44.9. The molecule has 2 aromatic carbocycles. The highest BCUT2D eigenvalue weighted by molar-refractivity contribution is 6.10. The van der Waals surface area contributed by atoms with E-state index in [0.29, 0.717) is 24.7 Å². The lowest BCUT2D eigenvalue weighted by Gasteiger charge is -2.46. The zero-order valence-corrected chi connectivity index (χ0v) is 30.4. The molecule has 2 aromatic rings. The second-order valence-corrected chi connectivity index (χ2v) is 13.1. The Hall–Kier alpha value is -4.52. The van der Waals surface area contributed by atoms with Crippen LogP contribution in [0.2, 0.25) is 0 Å². The summed E-state index contributed by atoms with van der Waals surface area (Å²) in [4.78, 5) is 54.1. The third-order valence-electron chi connectivity index (χ3n) is 9.35. The molecule has 53 heavy (non-hydrogen) atoms. The van der Waals surface area contributed by atoms with Crippen LogP contribution < -0.4 is 9.47 Å². The van der Waals surface area contributed by atoms with E-state index in [2.05, 4.69) is 13.8 Å². The number of aliphatic hydroxyl groups is 4. The van der Waals surface area contributed by atoms with Gasteiger partial charge in [-0.2, -0.15) is 0 Å². The number of hydrogen-bond acceptors (Lipinski definition) is 11. The van der Waals surface area contributed by atoms with E-state index in [1.807, 2.05) is 0 Å². The van der Waals surface area contributed by atoms with Gasteiger partial charge in [0.05, 0.1) is 26.4 Å². The minimum absolute atomic E-state index is 0.0160. The quantitative estimate of drug-likeness (QED) is 0.124. The van der Waals surface area contributed by atoms with E-state index in [1.54, 1.807) is 24.3 Å². The van der Waals surface area contributed by atoms with E-state index < -0.39 is 48.2 Å².